The summed E-state index contributed by atoms with van der Waals surface area (Å²) < 4.78 is 4.39. The molecule has 136 valence electrons. The Labute approximate surface area is 143 Å². The molecule has 0 spiro atoms. The number of nitro benzene ring substituents is 1. The SMILES string of the molecule is COC(=O)CNC(=O)c1ccc(N(C)CC(C)C(=O)O)c([N+](=O)[O-])c1. The molecule has 0 bridgehead atoms. The van der Waals surface area contributed by atoms with E-state index in [1.54, 1.807) is 0 Å². The average molecular weight is 353 g/mol. The van der Waals surface area contributed by atoms with E-state index in [-0.39, 0.29) is 30.0 Å². The number of carbonyl (C=O) groups excluding carboxylic acids is 2. The number of amides is 1. The van der Waals surface area contributed by atoms with Crippen molar-refractivity contribution in [1.29, 1.82) is 0 Å². The Bertz CT molecular complexity index is 690. The summed E-state index contributed by atoms with van der Waals surface area (Å²) in [5.41, 5.74) is -0.160. The summed E-state index contributed by atoms with van der Waals surface area (Å²) in [6.07, 6.45) is 0. The summed E-state index contributed by atoms with van der Waals surface area (Å²) in [7, 11) is 2.70. The number of benzene rings is 1. The minimum atomic E-state index is -1.02. The van der Waals surface area contributed by atoms with E-state index in [2.05, 4.69) is 10.1 Å². The van der Waals surface area contributed by atoms with Crippen LogP contribution in [0, 0.1) is 16.0 Å². The molecule has 10 nitrogen and oxygen atoms in total. The van der Waals surface area contributed by atoms with E-state index in [9.17, 15) is 24.5 Å². The molecule has 10 heteroatoms. The lowest BCUT2D eigenvalue weighted by Crippen LogP contribution is -2.31. The van der Waals surface area contributed by atoms with E-state index in [4.69, 9.17) is 5.11 Å². The zero-order chi connectivity index (χ0) is 19.1. The zero-order valence-corrected chi connectivity index (χ0v) is 14.0. The van der Waals surface area contributed by atoms with Crippen molar-refractivity contribution in [3.63, 3.8) is 0 Å². The smallest absolute Gasteiger partial charge is 0.325 e. The van der Waals surface area contributed by atoms with Crippen LogP contribution in [-0.4, -0.2) is 55.1 Å². The Hall–Kier alpha value is -3.17. The number of anilines is 1. The van der Waals surface area contributed by atoms with Gasteiger partial charge in [-0.3, -0.25) is 24.5 Å². The van der Waals surface area contributed by atoms with Crippen LogP contribution in [0.2, 0.25) is 0 Å². The number of carboxylic acids is 1. The molecule has 0 aliphatic carbocycles. The van der Waals surface area contributed by atoms with Crippen LogP contribution < -0.4 is 10.2 Å². The molecule has 1 rings (SSSR count). The van der Waals surface area contributed by atoms with Crippen LogP contribution in [0.4, 0.5) is 11.4 Å². The first kappa shape index (κ1) is 19.9. The van der Waals surface area contributed by atoms with Gasteiger partial charge < -0.3 is 20.1 Å². The fraction of sp³-hybridized carbons (Fsp3) is 0.400. The summed E-state index contributed by atoms with van der Waals surface area (Å²) in [5.74, 6) is -3.07. The lowest BCUT2D eigenvalue weighted by molar-refractivity contribution is -0.384. The lowest BCUT2D eigenvalue weighted by Gasteiger charge is -2.21. The summed E-state index contributed by atoms with van der Waals surface area (Å²) in [6.45, 7) is 1.18. The van der Waals surface area contributed by atoms with Crippen molar-refractivity contribution in [3.05, 3.63) is 33.9 Å². The van der Waals surface area contributed by atoms with Crippen LogP contribution in [0.1, 0.15) is 17.3 Å². The fourth-order valence-corrected chi connectivity index (χ4v) is 2.05. The molecule has 1 atom stereocenters. The highest BCUT2D eigenvalue weighted by molar-refractivity contribution is 5.97. The van der Waals surface area contributed by atoms with Crippen molar-refractivity contribution < 1.29 is 29.2 Å². The highest BCUT2D eigenvalue weighted by atomic mass is 16.6. The minimum Gasteiger partial charge on any atom is -0.481 e. The molecule has 0 saturated carbocycles. The van der Waals surface area contributed by atoms with Gasteiger partial charge in [0.25, 0.3) is 11.6 Å². The second kappa shape index (κ2) is 8.62. The molecule has 0 aliphatic rings. The van der Waals surface area contributed by atoms with Crippen LogP contribution in [-0.2, 0) is 14.3 Å². The molecule has 0 radical (unpaired) electrons. The van der Waals surface area contributed by atoms with Crippen LogP contribution in [0.3, 0.4) is 0 Å². The Morgan fingerprint density at radius 2 is 2.04 bits per heavy atom. The molecule has 0 heterocycles. The van der Waals surface area contributed by atoms with Gasteiger partial charge in [0.15, 0.2) is 0 Å². The average Bonchev–Trinajstić information content (AvgIpc) is 2.58. The maximum absolute atomic E-state index is 12.0. The lowest BCUT2D eigenvalue weighted by atomic mass is 10.1. The first-order valence-corrected chi connectivity index (χ1v) is 7.24. The second-order valence-electron chi connectivity index (χ2n) is 5.34. The molecule has 1 amide bonds. The molecule has 1 unspecified atom stereocenters. The van der Waals surface area contributed by atoms with E-state index >= 15 is 0 Å². The van der Waals surface area contributed by atoms with Crippen molar-refractivity contribution in [3.8, 4) is 0 Å². The van der Waals surface area contributed by atoms with Crippen molar-refractivity contribution in [1.82, 2.24) is 5.32 Å². The van der Waals surface area contributed by atoms with E-state index < -0.39 is 28.7 Å². The predicted octanol–water partition coefficient (Wildman–Crippen LogP) is 0.655. The Balaban J connectivity index is 3.03. The van der Waals surface area contributed by atoms with Gasteiger partial charge in [0, 0.05) is 25.2 Å². The van der Waals surface area contributed by atoms with Crippen molar-refractivity contribution in [2.75, 3.05) is 32.1 Å². The van der Waals surface area contributed by atoms with Crippen LogP contribution in [0.15, 0.2) is 18.2 Å². The molecule has 2 N–H and O–H groups in total. The Morgan fingerprint density at radius 3 is 2.56 bits per heavy atom. The maximum Gasteiger partial charge on any atom is 0.325 e. The highest BCUT2D eigenvalue weighted by Crippen LogP contribution is 2.29. The van der Waals surface area contributed by atoms with Crippen molar-refractivity contribution in [2.24, 2.45) is 5.92 Å². The number of ether oxygens (including phenoxy) is 1. The first-order chi connectivity index (χ1) is 11.7. The molecule has 1 aromatic carbocycles. The molecular weight excluding hydrogens is 334 g/mol. The second-order valence-corrected chi connectivity index (χ2v) is 5.34. The van der Waals surface area contributed by atoms with Gasteiger partial charge in [0.2, 0.25) is 0 Å². The number of nitrogens with one attached hydrogen (secondary N) is 1. The summed E-state index contributed by atoms with van der Waals surface area (Å²) in [4.78, 5) is 46.0. The normalized spacial score (nSPS) is 11.3. The Kier molecular flexibility index (Phi) is 6.85. The van der Waals surface area contributed by atoms with Crippen LogP contribution in [0.25, 0.3) is 0 Å². The fourth-order valence-electron chi connectivity index (χ4n) is 2.05. The predicted molar refractivity (Wildman–Crippen MR) is 87.5 cm³/mol. The number of hydrogen-bond donors (Lipinski definition) is 2. The third-order valence-electron chi connectivity index (χ3n) is 3.44. The molecule has 0 aliphatic heterocycles. The van der Waals surface area contributed by atoms with Crippen molar-refractivity contribution in [2.45, 2.75) is 6.92 Å². The van der Waals surface area contributed by atoms with Gasteiger partial charge in [0.1, 0.15) is 12.2 Å². The standard InChI is InChI=1S/C15H19N3O7/c1-9(15(21)22)8-17(2)11-5-4-10(6-12(11)18(23)24)14(20)16-7-13(19)25-3/h4-6,9H,7-8H2,1-3H3,(H,16,20)(H,21,22). The number of aliphatic carboxylic acids is 1. The number of carboxylic acid groups (broad SMARTS) is 1. The van der Waals surface area contributed by atoms with Gasteiger partial charge in [-0.15, -0.1) is 0 Å². The van der Waals surface area contributed by atoms with E-state index in [0.29, 0.717) is 0 Å². The maximum atomic E-state index is 12.0. The topological polar surface area (TPSA) is 139 Å². The summed E-state index contributed by atoms with van der Waals surface area (Å²) in [6, 6.07) is 3.79. The molecule has 25 heavy (non-hydrogen) atoms. The summed E-state index contributed by atoms with van der Waals surface area (Å²) in [5, 5.41) is 22.5. The van der Waals surface area contributed by atoms with Gasteiger partial charge in [-0.2, -0.15) is 0 Å². The largest absolute Gasteiger partial charge is 0.481 e. The number of nitro groups is 1. The van der Waals surface area contributed by atoms with E-state index in [1.165, 1.54) is 38.1 Å². The number of hydrogen-bond acceptors (Lipinski definition) is 7. The first-order valence-electron chi connectivity index (χ1n) is 7.24. The van der Waals surface area contributed by atoms with Gasteiger partial charge in [-0.25, -0.2) is 0 Å². The van der Waals surface area contributed by atoms with E-state index in [0.717, 1.165) is 6.07 Å². The van der Waals surface area contributed by atoms with E-state index in [1.807, 2.05) is 0 Å². The molecular formula is C15H19N3O7. The number of esters is 1. The number of methoxy groups -OCH3 is 1. The van der Waals surface area contributed by atoms with Crippen LogP contribution in [0.5, 0.6) is 0 Å². The van der Waals surface area contributed by atoms with Crippen LogP contribution >= 0.6 is 0 Å². The highest BCUT2D eigenvalue weighted by Gasteiger charge is 2.23. The Morgan fingerprint density at radius 1 is 1.40 bits per heavy atom. The number of carbonyl (C=O) groups is 3. The quantitative estimate of drug-likeness (QED) is 0.394. The number of nitrogens with zero attached hydrogens (tertiary/aromatic N) is 2. The van der Waals surface area contributed by atoms with Gasteiger partial charge in [-0.1, -0.05) is 6.92 Å². The van der Waals surface area contributed by atoms with Crippen molar-refractivity contribution >= 4 is 29.2 Å². The number of rotatable bonds is 8. The summed E-state index contributed by atoms with van der Waals surface area (Å²) >= 11 is 0. The minimum absolute atomic E-state index is 0.000892. The monoisotopic (exact) mass is 353 g/mol. The third kappa shape index (κ3) is 5.44. The molecule has 0 fully saturated rings. The third-order valence-corrected chi connectivity index (χ3v) is 3.44. The zero-order valence-electron chi connectivity index (χ0n) is 14.0. The van der Waals surface area contributed by atoms with Gasteiger partial charge in [-0.05, 0) is 12.1 Å². The van der Waals surface area contributed by atoms with Gasteiger partial charge in [0.05, 0.1) is 18.0 Å². The molecule has 0 aromatic heterocycles. The molecule has 1 aromatic rings. The molecule has 0 saturated heterocycles. The van der Waals surface area contributed by atoms with Gasteiger partial charge >= 0.3 is 11.9 Å².